The van der Waals surface area contributed by atoms with Crippen molar-refractivity contribution in [3.63, 3.8) is 0 Å². The standard InChI is InChI=1S/C18H22N2O3S2/c1-11-9-16(25(19,22)23)24-17(11)18(21)20-12(2)14-8-7-13-5-3-4-6-15(13)10-14/h7-10,12H,3-6H2,1-2H3,(H,20,21)(H2,19,22,23). The van der Waals surface area contributed by atoms with Crippen molar-refractivity contribution in [3.8, 4) is 0 Å². The van der Waals surface area contributed by atoms with E-state index < -0.39 is 10.0 Å². The van der Waals surface area contributed by atoms with Crippen molar-refractivity contribution in [2.45, 2.75) is 49.8 Å². The Bertz CT molecular complexity index is 916. The monoisotopic (exact) mass is 378 g/mol. The predicted molar refractivity (Wildman–Crippen MR) is 99.4 cm³/mol. The number of sulfonamides is 1. The molecule has 1 amide bonds. The third-order valence-electron chi connectivity index (χ3n) is 4.60. The molecule has 3 N–H and O–H groups in total. The Morgan fingerprint density at radius 1 is 1.20 bits per heavy atom. The van der Waals surface area contributed by atoms with Crippen LogP contribution in [0.3, 0.4) is 0 Å². The van der Waals surface area contributed by atoms with E-state index in [1.165, 1.54) is 30.0 Å². The van der Waals surface area contributed by atoms with Gasteiger partial charge >= 0.3 is 0 Å². The van der Waals surface area contributed by atoms with Crippen LogP contribution in [-0.2, 0) is 22.9 Å². The van der Waals surface area contributed by atoms with Crippen LogP contribution in [0, 0.1) is 6.92 Å². The highest BCUT2D eigenvalue weighted by Crippen LogP contribution is 2.27. The Morgan fingerprint density at radius 2 is 1.88 bits per heavy atom. The van der Waals surface area contributed by atoms with Gasteiger partial charge in [0.2, 0.25) is 10.0 Å². The van der Waals surface area contributed by atoms with Crippen LogP contribution >= 0.6 is 11.3 Å². The molecule has 0 saturated heterocycles. The molecular weight excluding hydrogens is 356 g/mol. The SMILES string of the molecule is Cc1cc(S(N)(=O)=O)sc1C(=O)NC(C)c1ccc2c(c1)CCCC2. The Kier molecular flexibility index (Phi) is 4.99. The molecule has 7 heteroatoms. The van der Waals surface area contributed by atoms with Crippen LogP contribution in [0.2, 0.25) is 0 Å². The lowest BCUT2D eigenvalue weighted by Gasteiger charge is -2.20. The van der Waals surface area contributed by atoms with Crippen molar-refractivity contribution in [1.29, 1.82) is 0 Å². The third kappa shape index (κ3) is 3.94. The normalized spacial score (nSPS) is 15.5. The second kappa shape index (κ2) is 6.90. The summed E-state index contributed by atoms with van der Waals surface area (Å²) < 4.78 is 22.9. The Labute approximate surface area is 152 Å². The number of amides is 1. The van der Waals surface area contributed by atoms with Crippen LogP contribution in [0.1, 0.15) is 57.7 Å². The zero-order valence-corrected chi connectivity index (χ0v) is 16.0. The minimum absolute atomic E-state index is 0.0107. The molecule has 134 valence electrons. The van der Waals surface area contributed by atoms with Gasteiger partial charge in [-0.3, -0.25) is 4.79 Å². The van der Waals surface area contributed by atoms with Gasteiger partial charge < -0.3 is 5.32 Å². The molecule has 0 bridgehead atoms. The first-order valence-electron chi connectivity index (χ1n) is 8.31. The van der Waals surface area contributed by atoms with Crippen LogP contribution in [0.5, 0.6) is 0 Å². The van der Waals surface area contributed by atoms with Crippen LogP contribution in [0.25, 0.3) is 0 Å². The van der Waals surface area contributed by atoms with E-state index in [9.17, 15) is 13.2 Å². The summed E-state index contributed by atoms with van der Waals surface area (Å²) in [6, 6.07) is 7.68. The Hall–Kier alpha value is -1.70. The molecule has 0 radical (unpaired) electrons. The number of nitrogens with two attached hydrogens (primary N) is 1. The lowest BCUT2D eigenvalue weighted by molar-refractivity contribution is 0.0943. The second-order valence-corrected chi connectivity index (χ2v) is 9.39. The zero-order chi connectivity index (χ0) is 18.2. The number of hydrogen-bond acceptors (Lipinski definition) is 4. The molecule has 25 heavy (non-hydrogen) atoms. The number of rotatable bonds is 4. The van der Waals surface area contributed by atoms with E-state index in [1.807, 2.05) is 6.92 Å². The molecule has 0 saturated carbocycles. The van der Waals surface area contributed by atoms with Gasteiger partial charge in [0.1, 0.15) is 4.21 Å². The Morgan fingerprint density at radius 3 is 2.52 bits per heavy atom. The number of carbonyl (C=O) groups is 1. The van der Waals surface area contributed by atoms with E-state index >= 15 is 0 Å². The molecule has 0 spiro atoms. The van der Waals surface area contributed by atoms with Gasteiger partial charge in [-0.15, -0.1) is 11.3 Å². The second-order valence-electron chi connectivity index (χ2n) is 6.55. The maximum absolute atomic E-state index is 12.5. The van der Waals surface area contributed by atoms with Crippen molar-refractivity contribution >= 4 is 27.3 Å². The number of fused-ring (bicyclic) bond motifs is 1. The largest absolute Gasteiger partial charge is 0.345 e. The average molecular weight is 379 g/mol. The molecule has 5 nitrogen and oxygen atoms in total. The van der Waals surface area contributed by atoms with Gasteiger partial charge in [0.05, 0.1) is 10.9 Å². The van der Waals surface area contributed by atoms with E-state index in [2.05, 4.69) is 23.5 Å². The van der Waals surface area contributed by atoms with E-state index in [1.54, 1.807) is 6.92 Å². The average Bonchev–Trinajstić information content (AvgIpc) is 2.96. The molecule has 1 aromatic carbocycles. The number of primary sulfonamides is 1. The lowest BCUT2D eigenvalue weighted by atomic mass is 9.89. The van der Waals surface area contributed by atoms with Gasteiger partial charge in [-0.05, 0) is 67.9 Å². The van der Waals surface area contributed by atoms with Crippen LogP contribution in [-0.4, -0.2) is 14.3 Å². The number of carbonyl (C=O) groups excluding carboxylic acids is 1. The van der Waals surface area contributed by atoms with Gasteiger partial charge in [-0.2, -0.15) is 0 Å². The number of benzene rings is 1. The molecule has 1 aliphatic rings. The summed E-state index contributed by atoms with van der Waals surface area (Å²) in [6.45, 7) is 3.65. The van der Waals surface area contributed by atoms with Crippen molar-refractivity contribution < 1.29 is 13.2 Å². The summed E-state index contributed by atoms with van der Waals surface area (Å²) in [6.07, 6.45) is 4.66. The van der Waals surface area contributed by atoms with Crippen molar-refractivity contribution in [3.05, 3.63) is 51.4 Å². The molecule has 1 unspecified atom stereocenters. The van der Waals surface area contributed by atoms with Crippen molar-refractivity contribution in [1.82, 2.24) is 5.32 Å². The Balaban J connectivity index is 1.78. The smallest absolute Gasteiger partial charge is 0.262 e. The first-order valence-corrected chi connectivity index (χ1v) is 10.7. The number of aryl methyl sites for hydroxylation is 3. The predicted octanol–water partition coefficient (Wildman–Crippen LogP) is 3.07. The molecular formula is C18H22N2O3S2. The van der Waals surface area contributed by atoms with Gasteiger partial charge in [0.15, 0.2) is 0 Å². The number of nitrogens with one attached hydrogen (secondary N) is 1. The van der Waals surface area contributed by atoms with Gasteiger partial charge in [0, 0.05) is 0 Å². The van der Waals surface area contributed by atoms with E-state index in [-0.39, 0.29) is 16.2 Å². The minimum Gasteiger partial charge on any atom is -0.345 e. The van der Waals surface area contributed by atoms with Crippen molar-refractivity contribution in [2.75, 3.05) is 0 Å². The highest BCUT2D eigenvalue weighted by Gasteiger charge is 2.21. The fourth-order valence-corrected chi connectivity index (χ4v) is 5.05. The fourth-order valence-electron chi connectivity index (χ4n) is 3.19. The van der Waals surface area contributed by atoms with Gasteiger partial charge in [-0.25, -0.2) is 13.6 Å². The summed E-state index contributed by atoms with van der Waals surface area (Å²) in [7, 11) is -3.79. The summed E-state index contributed by atoms with van der Waals surface area (Å²) in [5.74, 6) is -0.275. The van der Waals surface area contributed by atoms with Crippen LogP contribution < -0.4 is 10.5 Å². The highest BCUT2D eigenvalue weighted by molar-refractivity contribution is 7.91. The van der Waals surface area contributed by atoms with E-state index in [4.69, 9.17) is 5.14 Å². The van der Waals surface area contributed by atoms with E-state index in [0.717, 1.165) is 29.7 Å². The first-order chi connectivity index (χ1) is 11.8. The maximum Gasteiger partial charge on any atom is 0.262 e. The summed E-state index contributed by atoms with van der Waals surface area (Å²) in [5, 5.41) is 8.11. The number of hydrogen-bond donors (Lipinski definition) is 2. The number of thiophene rings is 1. The van der Waals surface area contributed by atoms with Crippen molar-refractivity contribution in [2.24, 2.45) is 5.14 Å². The van der Waals surface area contributed by atoms with Crippen LogP contribution in [0.15, 0.2) is 28.5 Å². The highest BCUT2D eigenvalue weighted by atomic mass is 32.2. The first kappa shape index (κ1) is 18.1. The molecule has 2 aromatic rings. The summed E-state index contributed by atoms with van der Waals surface area (Å²) >= 11 is 0.910. The molecule has 0 fully saturated rings. The van der Waals surface area contributed by atoms with Crippen LogP contribution in [0.4, 0.5) is 0 Å². The molecule has 1 heterocycles. The fraction of sp³-hybridized carbons (Fsp3) is 0.389. The lowest BCUT2D eigenvalue weighted by Crippen LogP contribution is -2.26. The van der Waals surface area contributed by atoms with E-state index in [0.29, 0.717) is 10.4 Å². The van der Waals surface area contributed by atoms with Gasteiger partial charge in [-0.1, -0.05) is 18.2 Å². The maximum atomic E-state index is 12.5. The molecule has 3 rings (SSSR count). The molecule has 1 aromatic heterocycles. The molecule has 1 atom stereocenters. The third-order valence-corrected chi connectivity index (χ3v) is 7.26. The molecule has 1 aliphatic carbocycles. The summed E-state index contributed by atoms with van der Waals surface area (Å²) in [5.41, 5.74) is 4.45. The minimum atomic E-state index is -3.79. The quantitative estimate of drug-likeness (QED) is 0.857. The van der Waals surface area contributed by atoms with Gasteiger partial charge in [0.25, 0.3) is 5.91 Å². The topological polar surface area (TPSA) is 89.3 Å². The zero-order valence-electron chi connectivity index (χ0n) is 14.3. The summed E-state index contributed by atoms with van der Waals surface area (Å²) in [4.78, 5) is 12.9. The molecule has 0 aliphatic heterocycles.